The maximum absolute atomic E-state index is 10.4. The Morgan fingerprint density at radius 3 is 2.33 bits per heavy atom. The van der Waals surface area contributed by atoms with Gasteiger partial charge in [0.15, 0.2) is 0 Å². The van der Waals surface area contributed by atoms with E-state index in [1.54, 1.807) is 6.92 Å². The molecule has 0 aliphatic heterocycles. The first-order valence-corrected chi connectivity index (χ1v) is 6.25. The van der Waals surface area contributed by atoms with E-state index < -0.39 is 24.4 Å². The van der Waals surface area contributed by atoms with Gasteiger partial charge in [-0.25, -0.2) is 0 Å². The zero-order chi connectivity index (χ0) is 13.3. The Kier molecular flexibility index (Phi) is 3.73. The Morgan fingerprint density at radius 1 is 1.17 bits per heavy atom. The summed E-state index contributed by atoms with van der Waals surface area (Å²) in [6, 6.07) is 5.81. The van der Waals surface area contributed by atoms with E-state index >= 15 is 0 Å². The van der Waals surface area contributed by atoms with Crippen LogP contribution in [0.4, 0.5) is 0 Å². The SMILES string of the molecule is C[C@](O)(C[C@@H](O)[C@@H](O)CO)c1ccc2c(c1)CC2. The monoisotopic (exact) mass is 252 g/mol. The fourth-order valence-electron chi connectivity index (χ4n) is 2.31. The van der Waals surface area contributed by atoms with Gasteiger partial charge in [0.25, 0.3) is 0 Å². The molecule has 4 nitrogen and oxygen atoms in total. The van der Waals surface area contributed by atoms with Crippen LogP contribution in [-0.2, 0) is 18.4 Å². The molecular formula is C14H20O4. The van der Waals surface area contributed by atoms with Crippen LogP contribution in [0.25, 0.3) is 0 Å². The van der Waals surface area contributed by atoms with Crippen LogP contribution < -0.4 is 0 Å². The van der Waals surface area contributed by atoms with Crippen molar-refractivity contribution in [1.82, 2.24) is 0 Å². The minimum absolute atomic E-state index is 0.00644. The van der Waals surface area contributed by atoms with Crippen LogP contribution in [-0.4, -0.2) is 39.2 Å². The molecule has 0 aromatic heterocycles. The van der Waals surface area contributed by atoms with E-state index in [4.69, 9.17) is 5.11 Å². The van der Waals surface area contributed by atoms with Gasteiger partial charge < -0.3 is 20.4 Å². The third kappa shape index (κ3) is 2.57. The maximum Gasteiger partial charge on any atom is 0.103 e. The fourth-order valence-corrected chi connectivity index (χ4v) is 2.31. The molecule has 4 heteroatoms. The molecule has 1 aromatic rings. The number of rotatable bonds is 5. The Hall–Kier alpha value is -0.940. The first-order chi connectivity index (χ1) is 8.44. The second-order valence-electron chi connectivity index (χ2n) is 5.28. The van der Waals surface area contributed by atoms with Gasteiger partial charge in [-0.1, -0.05) is 18.2 Å². The van der Waals surface area contributed by atoms with Gasteiger partial charge in [-0.05, 0) is 36.5 Å². The molecule has 1 aromatic carbocycles. The zero-order valence-corrected chi connectivity index (χ0v) is 10.5. The van der Waals surface area contributed by atoms with Gasteiger partial charge in [0.05, 0.1) is 18.3 Å². The van der Waals surface area contributed by atoms with Gasteiger partial charge in [0.1, 0.15) is 6.10 Å². The lowest BCUT2D eigenvalue weighted by atomic mass is 9.81. The van der Waals surface area contributed by atoms with Crippen molar-refractivity contribution in [3.05, 3.63) is 34.9 Å². The molecule has 3 atom stereocenters. The van der Waals surface area contributed by atoms with Crippen LogP contribution in [0.3, 0.4) is 0 Å². The summed E-state index contributed by atoms with van der Waals surface area (Å²) in [6.45, 7) is 1.10. The Morgan fingerprint density at radius 2 is 1.83 bits per heavy atom. The van der Waals surface area contributed by atoms with Crippen molar-refractivity contribution in [1.29, 1.82) is 0 Å². The molecule has 1 aliphatic carbocycles. The molecule has 4 N–H and O–H groups in total. The summed E-state index contributed by atoms with van der Waals surface area (Å²) in [5.41, 5.74) is 2.08. The molecular weight excluding hydrogens is 232 g/mol. The predicted octanol–water partition coefficient (Wildman–Crippen LogP) is 0.0969. The summed E-state index contributed by atoms with van der Waals surface area (Å²) in [5, 5.41) is 38.2. The van der Waals surface area contributed by atoms with Crippen molar-refractivity contribution in [3.63, 3.8) is 0 Å². The summed E-state index contributed by atoms with van der Waals surface area (Å²) in [5.74, 6) is 0. The Labute approximate surface area is 107 Å². The van der Waals surface area contributed by atoms with Crippen molar-refractivity contribution in [2.24, 2.45) is 0 Å². The number of hydrogen-bond donors (Lipinski definition) is 4. The average molecular weight is 252 g/mol. The van der Waals surface area contributed by atoms with Crippen LogP contribution in [0.1, 0.15) is 30.0 Å². The summed E-state index contributed by atoms with van der Waals surface area (Å²) in [6.07, 6.45) is -0.253. The van der Waals surface area contributed by atoms with E-state index in [9.17, 15) is 15.3 Å². The average Bonchev–Trinajstić information content (AvgIpc) is 2.28. The molecule has 0 unspecified atom stereocenters. The molecule has 0 fully saturated rings. The van der Waals surface area contributed by atoms with Gasteiger partial charge in [0.2, 0.25) is 0 Å². The lowest BCUT2D eigenvalue weighted by molar-refractivity contribution is -0.0646. The number of aliphatic hydroxyl groups is 4. The molecule has 2 rings (SSSR count). The standard InChI is InChI=1S/C14H20O4/c1-14(18,7-12(16)13(17)8-15)11-5-4-9-2-3-10(9)6-11/h4-6,12-13,15-18H,2-3,7-8H2,1H3/t12-,13+,14+/m1/s1. The number of fused-ring (bicyclic) bond motifs is 1. The summed E-state index contributed by atoms with van der Waals surface area (Å²) in [4.78, 5) is 0. The molecule has 100 valence electrons. The van der Waals surface area contributed by atoms with Crippen LogP contribution >= 0.6 is 0 Å². The van der Waals surface area contributed by atoms with E-state index in [-0.39, 0.29) is 6.42 Å². The summed E-state index contributed by atoms with van der Waals surface area (Å²) in [7, 11) is 0. The zero-order valence-electron chi connectivity index (χ0n) is 10.5. The molecule has 0 bridgehead atoms. The lowest BCUT2D eigenvalue weighted by Crippen LogP contribution is -2.36. The first-order valence-electron chi connectivity index (χ1n) is 6.25. The molecule has 1 aliphatic rings. The van der Waals surface area contributed by atoms with E-state index in [0.29, 0.717) is 0 Å². The summed E-state index contributed by atoms with van der Waals surface area (Å²) >= 11 is 0. The Bertz CT molecular complexity index is 428. The van der Waals surface area contributed by atoms with E-state index in [1.807, 2.05) is 18.2 Å². The number of benzene rings is 1. The van der Waals surface area contributed by atoms with E-state index in [0.717, 1.165) is 18.4 Å². The fraction of sp³-hybridized carbons (Fsp3) is 0.571. The van der Waals surface area contributed by atoms with Crippen molar-refractivity contribution >= 4 is 0 Å². The van der Waals surface area contributed by atoms with Crippen molar-refractivity contribution in [2.45, 2.75) is 44.0 Å². The van der Waals surface area contributed by atoms with Crippen molar-refractivity contribution < 1.29 is 20.4 Å². The maximum atomic E-state index is 10.4. The first kappa shape index (κ1) is 13.5. The minimum Gasteiger partial charge on any atom is -0.394 e. The molecule has 18 heavy (non-hydrogen) atoms. The molecule has 0 spiro atoms. The van der Waals surface area contributed by atoms with Gasteiger partial charge in [-0.15, -0.1) is 0 Å². The number of aliphatic hydroxyl groups excluding tert-OH is 3. The van der Waals surface area contributed by atoms with Crippen LogP contribution in [0.15, 0.2) is 18.2 Å². The van der Waals surface area contributed by atoms with Crippen LogP contribution in [0.2, 0.25) is 0 Å². The largest absolute Gasteiger partial charge is 0.394 e. The quantitative estimate of drug-likeness (QED) is 0.599. The highest BCUT2D eigenvalue weighted by Crippen LogP contribution is 2.31. The summed E-state index contributed by atoms with van der Waals surface area (Å²) < 4.78 is 0. The number of hydrogen-bond acceptors (Lipinski definition) is 4. The van der Waals surface area contributed by atoms with Gasteiger partial charge in [-0.2, -0.15) is 0 Å². The normalized spacial score (nSPS) is 20.5. The van der Waals surface area contributed by atoms with E-state index in [2.05, 4.69) is 0 Å². The smallest absolute Gasteiger partial charge is 0.103 e. The second kappa shape index (κ2) is 4.97. The minimum atomic E-state index is -1.22. The highest BCUT2D eigenvalue weighted by molar-refractivity contribution is 5.40. The second-order valence-corrected chi connectivity index (χ2v) is 5.28. The molecule has 0 heterocycles. The molecule has 0 saturated heterocycles. The van der Waals surface area contributed by atoms with Crippen molar-refractivity contribution in [2.75, 3.05) is 6.61 Å². The number of aryl methyl sites for hydroxylation is 2. The van der Waals surface area contributed by atoms with Gasteiger partial charge >= 0.3 is 0 Å². The molecule has 0 saturated carbocycles. The van der Waals surface area contributed by atoms with Crippen LogP contribution in [0, 0.1) is 0 Å². The van der Waals surface area contributed by atoms with Gasteiger partial charge in [-0.3, -0.25) is 0 Å². The van der Waals surface area contributed by atoms with E-state index in [1.165, 1.54) is 11.1 Å². The predicted molar refractivity (Wildman–Crippen MR) is 67.1 cm³/mol. The van der Waals surface area contributed by atoms with Crippen molar-refractivity contribution in [3.8, 4) is 0 Å². The lowest BCUT2D eigenvalue weighted by Gasteiger charge is -2.30. The highest BCUT2D eigenvalue weighted by atomic mass is 16.4. The van der Waals surface area contributed by atoms with Gasteiger partial charge in [0, 0.05) is 6.42 Å². The van der Waals surface area contributed by atoms with Crippen LogP contribution in [0.5, 0.6) is 0 Å². The Balaban J connectivity index is 2.11. The topological polar surface area (TPSA) is 80.9 Å². The highest BCUT2D eigenvalue weighted by Gasteiger charge is 2.30. The third-order valence-corrected chi connectivity index (χ3v) is 3.73. The third-order valence-electron chi connectivity index (χ3n) is 3.73. The molecule has 0 amide bonds. The molecule has 0 radical (unpaired) electrons.